The molecular formula is C25H24ClF3N2O4. The first-order chi connectivity index (χ1) is 16.3. The fraction of sp³-hybridized carbons (Fsp3) is 0.280. The predicted octanol–water partition coefficient (Wildman–Crippen LogP) is 5.14. The molecule has 0 radical (unpaired) electrons. The van der Waals surface area contributed by atoms with Gasteiger partial charge in [0.1, 0.15) is 11.7 Å². The topological polar surface area (TPSA) is 91.4 Å². The summed E-state index contributed by atoms with van der Waals surface area (Å²) in [7, 11) is 0. The molecule has 3 aromatic rings. The van der Waals surface area contributed by atoms with Crippen LogP contribution in [-0.4, -0.2) is 22.1 Å². The van der Waals surface area contributed by atoms with Gasteiger partial charge in [-0.3, -0.25) is 9.59 Å². The van der Waals surface area contributed by atoms with Gasteiger partial charge in [-0.1, -0.05) is 35.9 Å². The molecule has 0 aliphatic carbocycles. The van der Waals surface area contributed by atoms with Crippen molar-refractivity contribution >= 4 is 23.2 Å². The standard InChI is InChI=1S/C25H24ClF3N2O4/c1-14(32)25(28,29)16-6-4-15(5-7-16)12-22(34)30-17-8-10-20(19(27)13-17)35-24(2,3)23-18(26)9-11-21(33)31-23/h4-11,13-14,32H,12H2,1-3H3,(H,30,34)(H,31,33). The number of alkyl halides is 2. The van der Waals surface area contributed by atoms with Crippen LogP contribution in [0.5, 0.6) is 5.75 Å². The molecule has 1 unspecified atom stereocenters. The normalized spacial score (nSPS) is 12.8. The Kier molecular flexibility index (Phi) is 7.62. The number of aliphatic hydroxyl groups is 1. The number of hydrogen-bond acceptors (Lipinski definition) is 4. The van der Waals surface area contributed by atoms with Crippen molar-refractivity contribution in [2.75, 3.05) is 5.32 Å². The largest absolute Gasteiger partial charge is 0.479 e. The Morgan fingerprint density at radius 3 is 2.40 bits per heavy atom. The zero-order valence-corrected chi connectivity index (χ0v) is 19.9. The Morgan fingerprint density at radius 2 is 1.80 bits per heavy atom. The van der Waals surface area contributed by atoms with Gasteiger partial charge in [0.25, 0.3) is 5.92 Å². The average Bonchev–Trinajstić information content (AvgIpc) is 2.77. The highest BCUT2D eigenvalue weighted by atomic mass is 35.5. The quantitative estimate of drug-likeness (QED) is 0.393. The fourth-order valence-corrected chi connectivity index (χ4v) is 3.70. The molecule has 2 aromatic carbocycles. The highest BCUT2D eigenvalue weighted by Crippen LogP contribution is 2.33. The van der Waals surface area contributed by atoms with Gasteiger partial charge in [0.15, 0.2) is 11.6 Å². The van der Waals surface area contributed by atoms with E-state index in [0.717, 1.165) is 25.1 Å². The average molecular weight is 509 g/mol. The van der Waals surface area contributed by atoms with Gasteiger partial charge in [-0.15, -0.1) is 0 Å². The highest BCUT2D eigenvalue weighted by molar-refractivity contribution is 6.31. The molecule has 1 atom stereocenters. The molecule has 3 rings (SSSR count). The van der Waals surface area contributed by atoms with E-state index in [9.17, 15) is 27.9 Å². The molecular weight excluding hydrogens is 485 g/mol. The van der Waals surface area contributed by atoms with E-state index in [1.807, 2.05) is 0 Å². The SMILES string of the molecule is CC(O)C(F)(F)c1ccc(CC(=O)Nc2ccc(OC(C)(C)c3[nH]c(=O)ccc3Cl)c(F)c2)cc1. The first-order valence-electron chi connectivity index (χ1n) is 10.6. The number of halogens is 4. The van der Waals surface area contributed by atoms with Crippen molar-refractivity contribution in [3.63, 3.8) is 0 Å². The summed E-state index contributed by atoms with van der Waals surface area (Å²) < 4.78 is 48.2. The molecule has 0 aliphatic heterocycles. The predicted molar refractivity (Wildman–Crippen MR) is 126 cm³/mol. The Bertz CT molecular complexity index is 1270. The van der Waals surface area contributed by atoms with Crippen molar-refractivity contribution in [1.82, 2.24) is 4.98 Å². The second-order valence-corrected chi connectivity index (χ2v) is 8.93. The van der Waals surface area contributed by atoms with Gasteiger partial charge in [0.05, 0.1) is 17.1 Å². The number of amides is 1. The molecule has 186 valence electrons. The van der Waals surface area contributed by atoms with Crippen LogP contribution in [0.15, 0.2) is 59.4 Å². The Hall–Kier alpha value is -3.30. The van der Waals surface area contributed by atoms with Gasteiger partial charge in [0, 0.05) is 23.4 Å². The maximum atomic E-state index is 14.7. The summed E-state index contributed by atoms with van der Waals surface area (Å²) in [6.07, 6.45) is -1.98. The third kappa shape index (κ3) is 6.23. The molecule has 3 N–H and O–H groups in total. The van der Waals surface area contributed by atoms with E-state index in [0.29, 0.717) is 5.56 Å². The second kappa shape index (κ2) is 10.1. The minimum absolute atomic E-state index is 0.122. The number of benzene rings is 2. The second-order valence-electron chi connectivity index (χ2n) is 8.52. The summed E-state index contributed by atoms with van der Waals surface area (Å²) in [5.74, 6) is -4.77. The van der Waals surface area contributed by atoms with E-state index in [4.69, 9.17) is 16.3 Å². The number of anilines is 1. The van der Waals surface area contributed by atoms with Gasteiger partial charge in [0.2, 0.25) is 11.5 Å². The van der Waals surface area contributed by atoms with Gasteiger partial charge < -0.3 is 20.1 Å². The van der Waals surface area contributed by atoms with Crippen molar-refractivity contribution < 1.29 is 27.8 Å². The van der Waals surface area contributed by atoms with Crippen molar-refractivity contribution in [2.24, 2.45) is 0 Å². The zero-order valence-electron chi connectivity index (χ0n) is 19.2. The lowest BCUT2D eigenvalue weighted by Crippen LogP contribution is -2.29. The van der Waals surface area contributed by atoms with Crippen molar-refractivity contribution in [2.45, 2.75) is 44.8 Å². The van der Waals surface area contributed by atoms with E-state index in [2.05, 4.69) is 10.3 Å². The summed E-state index contributed by atoms with van der Waals surface area (Å²) in [5.41, 5.74) is -1.01. The van der Waals surface area contributed by atoms with Crippen LogP contribution in [0.3, 0.4) is 0 Å². The number of carbonyl (C=O) groups excluding carboxylic acids is 1. The molecule has 1 heterocycles. The molecule has 6 nitrogen and oxygen atoms in total. The number of H-pyrrole nitrogens is 1. The minimum Gasteiger partial charge on any atom is -0.479 e. The van der Waals surface area contributed by atoms with Crippen molar-refractivity contribution in [1.29, 1.82) is 0 Å². The number of aromatic amines is 1. The van der Waals surface area contributed by atoms with E-state index >= 15 is 0 Å². The van der Waals surface area contributed by atoms with Crippen molar-refractivity contribution in [3.8, 4) is 5.75 Å². The van der Waals surface area contributed by atoms with Crippen LogP contribution in [0, 0.1) is 5.82 Å². The van der Waals surface area contributed by atoms with E-state index in [-0.39, 0.29) is 39.7 Å². The Balaban J connectivity index is 1.67. The molecule has 1 amide bonds. The first kappa shape index (κ1) is 26.3. The smallest absolute Gasteiger partial charge is 0.298 e. The number of rotatable bonds is 8. The Morgan fingerprint density at radius 1 is 1.14 bits per heavy atom. The van der Waals surface area contributed by atoms with Crippen LogP contribution in [-0.2, 0) is 22.7 Å². The monoisotopic (exact) mass is 508 g/mol. The molecule has 10 heteroatoms. The van der Waals surface area contributed by atoms with E-state index in [1.54, 1.807) is 13.8 Å². The third-order valence-electron chi connectivity index (χ3n) is 5.28. The van der Waals surface area contributed by atoms with Gasteiger partial charge in [-0.25, -0.2) is 4.39 Å². The van der Waals surface area contributed by atoms with Gasteiger partial charge >= 0.3 is 0 Å². The molecule has 0 bridgehead atoms. The number of ether oxygens (including phenoxy) is 1. The van der Waals surface area contributed by atoms with Crippen LogP contribution >= 0.6 is 11.6 Å². The number of nitrogens with one attached hydrogen (secondary N) is 2. The summed E-state index contributed by atoms with van der Waals surface area (Å²) in [4.78, 5) is 26.6. The maximum Gasteiger partial charge on any atom is 0.298 e. The molecule has 0 spiro atoms. The molecule has 35 heavy (non-hydrogen) atoms. The van der Waals surface area contributed by atoms with Crippen LogP contribution in [0.4, 0.5) is 18.9 Å². The molecule has 0 fully saturated rings. The fourth-order valence-electron chi connectivity index (χ4n) is 3.36. The molecule has 0 saturated carbocycles. The number of hydrogen-bond donors (Lipinski definition) is 3. The first-order valence-corrected chi connectivity index (χ1v) is 11.0. The lowest BCUT2D eigenvalue weighted by atomic mass is 10.0. The lowest BCUT2D eigenvalue weighted by molar-refractivity contribution is -0.115. The highest BCUT2D eigenvalue weighted by Gasteiger charge is 2.37. The number of carbonyl (C=O) groups is 1. The van der Waals surface area contributed by atoms with Crippen LogP contribution in [0.25, 0.3) is 0 Å². The van der Waals surface area contributed by atoms with Crippen LogP contribution in [0.1, 0.15) is 37.6 Å². The Labute approximate surface area is 204 Å². The summed E-state index contributed by atoms with van der Waals surface area (Å²) in [6.45, 7) is 4.22. The number of pyridine rings is 1. The summed E-state index contributed by atoms with van der Waals surface area (Å²) in [6, 6.07) is 11.5. The summed E-state index contributed by atoms with van der Waals surface area (Å²) in [5, 5.41) is 12.0. The van der Waals surface area contributed by atoms with E-state index < -0.39 is 29.4 Å². The van der Waals surface area contributed by atoms with Gasteiger partial charge in [-0.2, -0.15) is 8.78 Å². The van der Waals surface area contributed by atoms with Crippen molar-refractivity contribution in [3.05, 3.63) is 92.6 Å². The molecule has 0 saturated heterocycles. The zero-order chi connectivity index (χ0) is 26.0. The third-order valence-corrected chi connectivity index (χ3v) is 5.59. The maximum absolute atomic E-state index is 14.7. The number of aromatic nitrogens is 1. The minimum atomic E-state index is -3.40. The van der Waals surface area contributed by atoms with Crippen LogP contribution < -0.4 is 15.6 Å². The molecule has 1 aromatic heterocycles. The molecule has 0 aliphatic rings. The lowest BCUT2D eigenvalue weighted by Gasteiger charge is -2.27. The van der Waals surface area contributed by atoms with Crippen LogP contribution in [0.2, 0.25) is 5.02 Å². The summed E-state index contributed by atoms with van der Waals surface area (Å²) >= 11 is 6.14. The van der Waals surface area contributed by atoms with E-state index in [1.165, 1.54) is 36.4 Å². The van der Waals surface area contributed by atoms with Gasteiger partial charge in [-0.05, 0) is 44.5 Å². The number of aliphatic hydroxyl groups excluding tert-OH is 1.